The molecule has 7 nitrogen and oxygen atoms in total. The molecule has 2 aliphatic rings. The number of hydrogen-bond donors (Lipinski definition) is 2. The first-order chi connectivity index (χ1) is 12.6. The number of aryl methyl sites for hydroxylation is 1. The van der Waals surface area contributed by atoms with E-state index >= 15 is 0 Å². The van der Waals surface area contributed by atoms with Crippen LogP contribution in [0.3, 0.4) is 0 Å². The Bertz CT molecular complexity index is 782. The fourth-order valence-corrected chi connectivity index (χ4v) is 4.04. The minimum Gasteiger partial charge on any atom is -0.367 e. The van der Waals surface area contributed by atoms with Gasteiger partial charge in [-0.25, -0.2) is 9.97 Å². The third-order valence-corrected chi connectivity index (χ3v) is 5.47. The summed E-state index contributed by atoms with van der Waals surface area (Å²) in [4.78, 5) is 23.6. The average molecular weight is 354 g/mol. The maximum atomic E-state index is 13.0. The van der Waals surface area contributed by atoms with Crippen LogP contribution in [0.5, 0.6) is 0 Å². The number of nitrogens with one attached hydrogen (secondary N) is 1. The predicted octanol–water partition coefficient (Wildman–Crippen LogP) is 1.74. The summed E-state index contributed by atoms with van der Waals surface area (Å²) in [6.45, 7) is 1.15. The second kappa shape index (κ2) is 7.07. The third kappa shape index (κ3) is 3.44. The molecule has 1 aliphatic carbocycles. The van der Waals surface area contributed by atoms with Gasteiger partial charge in [-0.2, -0.15) is 0 Å². The number of aromatic nitrogens is 3. The second-order valence-electron chi connectivity index (χ2n) is 7.50. The van der Waals surface area contributed by atoms with Gasteiger partial charge in [0.15, 0.2) is 0 Å². The number of imidazole rings is 1. The van der Waals surface area contributed by atoms with Gasteiger partial charge in [0.2, 0.25) is 0 Å². The van der Waals surface area contributed by atoms with Gasteiger partial charge in [0.25, 0.3) is 5.91 Å². The molecule has 138 valence electrons. The topological polar surface area (TPSA) is 89.1 Å². The molecule has 0 unspecified atom stereocenters. The Balaban J connectivity index is 1.45. The highest BCUT2D eigenvalue weighted by molar-refractivity contribution is 5.95. The van der Waals surface area contributed by atoms with Crippen LogP contribution in [0.25, 0.3) is 0 Å². The van der Waals surface area contributed by atoms with E-state index in [1.54, 1.807) is 18.6 Å². The van der Waals surface area contributed by atoms with Crippen molar-refractivity contribution in [1.82, 2.24) is 19.4 Å². The molecular formula is C19H26N6O. The first-order valence-corrected chi connectivity index (χ1v) is 9.35. The van der Waals surface area contributed by atoms with Gasteiger partial charge in [-0.1, -0.05) is 12.8 Å². The molecule has 2 atom stereocenters. The molecule has 3 heterocycles. The number of hydrogen-bond acceptors (Lipinski definition) is 5. The summed E-state index contributed by atoms with van der Waals surface area (Å²) in [5.74, 6) is 0.876. The Morgan fingerprint density at radius 2 is 2.08 bits per heavy atom. The van der Waals surface area contributed by atoms with Crippen LogP contribution in [0.2, 0.25) is 0 Å². The standard InChI is InChI=1S/C19H26N6O/c1-24-11-17(22-12-24)15-9-25(10-16(15)20)19(26)13-6-7-21-18(8-13)23-14-4-2-3-5-14/h6-8,11-12,14-16H,2-5,9-10,20H2,1H3,(H,21,23)/t15-,16-/m1/s1. The maximum absolute atomic E-state index is 13.0. The quantitative estimate of drug-likeness (QED) is 0.873. The number of likely N-dealkylation sites (tertiary alicyclic amines) is 1. The largest absolute Gasteiger partial charge is 0.367 e. The monoisotopic (exact) mass is 354 g/mol. The lowest BCUT2D eigenvalue weighted by Crippen LogP contribution is -2.32. The zero-order valence-corrected chi connectivity index (χ0v) is 15.1. The lowest BCUT2D eigenvalue weighted by Gasteiger charge is -2.17. The van der Waals surface area contributed by atoms with E-state index in [1.807, 2.05) is 28.8 Å². The lowest BCUT2D eigenvalue weighted by atomic mass is 10.0. The van der Waals surface area contributed by atoms with Crippen molar-refractivity contribution >= 4 is 11.7 Å². The summed E-state index contributed by atoms with van der Waals surface area (Å²) in [5.41, 5.74) is 7.91. The van der Waals surface area contributed by atoms with E-state index in [0.29, 0.717) is 24.7 Å². The molecule has 1 saturated heterocycles. The van der Waals surface area contributed by atoms with Crippen LogP contribution < -0.4 is 11.1 Å². The van der Waals surface area contributed by atoms with Gasteiger partial charge >= 0.3 is 0 Å². The highest BCUT2D eigenvalue weighted by atomic mass is 16.2. The maximum Gasteiger partial charge on any atom is 0.254 e. The van der Waals surface area contributed by atoms with Crippen molar-refractivity contribution < 1.29 is 4.79 Å². The SMILES string of the molecule is Cn1cnc([C@@H]2CN(C(=O)c3ccnc(NC4CCCC4)c3)C[C@H]2N)c1. The number of nitrogens with zero attached hydrogens (tertiary/aromatic N) is 4. The normalized spacial score (nSPS) is 23.5. The molecule has 7 heteroatoms. The minimum atomic E-state index is -0.0910. The Morgan fingerprint density at radius 3 is 2.81 bits per heavy atom. The van der Waals surface area contributed by atoms with Crippen LogP contribution in [0.15, 0.2) is 30.9 Å². The summed E-state index contributed by atoms with van der Waals surface area (Å²) in [5, 5.41) is 3.45. The summed E-state index contributed by atoms with van der Waals surface area (Å²) in [6, 6.07) is 4.02. The molecule has 1 amide bonds. The van der Waals surface area contributed by atoms with E-state index in [1.165, 1.54) is 25.7 Å². The molecular weight excluding hydrogens is 328 g/mol. The molecule has 0 radical (unpaired) electrons. The van der Waals surface area contributed by atoms with Crippen molar-refractivity contribution in [3.63, 3.8) is 0 Å². The van der Waals surface area contributed by atoms with E-state index in [0.717, 1.165) is 11.5 Å². The molecule has 2 fully saturated rings. The highest BCUT2D eigenvalue weighted by Crippen LogP contribution is 2.27. The highest BCUT2D eigenvalue weighted by Gasteiger charge is 2.35. The Morgan fingerprint density at radius 1 is 1.27 bits per heavy atom. The van der Waals surface area contributed by atoms with E-state index < -0.39 is 0 Å². The van der Waals surface area contributed by atoms with Gasteiger partial charge in [-0.05, 0) is 25.0 Å². The third-order valence-electron chi connectivity index (χ3n) is 5.47. The van der Waals surface area contributed by atoms with E-state index in [4.69, 9.17) is 5.73 Å². The summed E-state index contributed by atoms with van der Waals surface area (Å²) in [6.07, 6.45) is 10.3. The molecule has 3 N–H and O–H groups in total. The van der Waals surface area contributed by atoms with Gasteiger partial charge in [0.05, 0.1) is 12.0 Å². The Kier molecular flexibility index (Phi) is 4.63. The summed E-state index contributed by atoms with van der Waals surface area (Å²) < 4.78 is 1.91. The number of nitrogens with two attached hydrogens (primary N) is 1. The molecule has 2 aromatic rings. The summed E-state index contributed by atoms with van der Waals surface area (Å²) in [7, 11) is 1.94. The molecule has 2 aromatic heterocycles. The second-order valence-corrected chi connectivity index (χ2v) is 7.50. The van der Waals surface area contributed by atoms with Crippen LogP contribution in [0.1, 0.15) is 47.7 Å². The van der Waals surface area contributed by atoms with Crippen molar-refractivity contribution in [2.24, 2.45) is 12.8 Å². The first kappa shape index (κ1) is 17.0. The van der Waals surface area contributed by atoms with Gasteiger partial charge in [-0.3, -0.25) is 4.79 Å². The molecule has 1 aliphatic heterocycles. The van der Waals surface area contributed by atoms with Crippen molar-refractivity contribution in [2.45, 2.75) is 43.7 Å². The van der Waals surface area contributed by atoms with Gasteiger partial charge in [0.1, 0.15) is 5.82 Å². The summed E-state index contributed by atoms with van der Waals surface area (Å²) >= 11 is 0. The number of anilines is 1. The van der Waals surface area contributed by atoms with Crippen molar-refractivity contribution in [2.75, 3.05) is 18.4 Å². The zero-order valence-electron chi connectivity index (χ0n) is 15.1. The molecule has 0 bridgehead atoms. The van der Waals surface area contributed by atoms with Gasteiger partial charge in [0, 0.05) is 56.1 Å². The Labute approximate surface area is 153 Å². The van der Waals surface area contributed by atoms with E-state index in [9.17, 15) is 4.79 Å². The first-order valence-electron chi connectivity index (χ1n) is 9.35. The molecule has 4 rings (SSSR count). The Hall–Kier alpha value is -2.41. The lowest BCUT2D eigenvalue weighted by molar-refractivity contribution is 0.0789. The van der Waals surface area contributed by atoms with Crippen molar-refractivity contribution in [3.05, 3.63) is 42.1 Å². The fraction of sp³-hybridized carbons (Fsp3) is 0.526. The molecule has 26 heavy (non-hydrogen) atoms. The smallest absolute Gasteiger partial charge is 0.254 e. The molecule has 0 aromatic carbocycles. The number of carbonyl (C=O) groups excluding carboxylic acids is 1. The van der Waals surface area contributed by atoms with Crippen LogP contribution in [0.4, 0.5) is 5.82 Å². The average Bonchev–Trinajstić information content (AvgIpc) is 3.36. The van der Waals surface area contributed by atoms with Crippen LogP contribution in [-0.2, 0) is 7.05 Å². The van der Waals surface area contributed by atoms with E-state index in [2.05, 4.69) is 15.3 Å². The van der Waals surface area contributed by atoms with Crippen LogP contribution >= 0.6 is 0 Å². The van der Waals surface area contributed by atoms with Crippen molar-refractivity contribution in [1.29, 1.82) is 0 Å². The molecule has 0 spiro atoms. The minimum absolute atomic E-state index is 0.00996. The predicted molar refractivity (Wildman–Crippen MR) is 99.9 cm³/mol. The van der Waals surface area contributed by atoms with Crippen LogP contribution in [-0.4, -0.2) is 50.5 Å². The fourth-order valence-electron chi connectivity index (χ4n) is 4.04. The molecule has 1 saturated carbocycles. The van der Waals surface area contributed by atoms with Crippen molar-refractivity contribution in [3.8, 4) is 0 Å². The van der Waals surface area contributed by atoms with Crippen LogP contribution in [0, 0.1) is 0 Å². The number of pyridine rings is 1. The number of amides is 1. The number of carbonyl (C=O) groups is 1. The zero-order chi connectivity index (χ0) is 18.1. The van der Waals surface area contributed by atoms with E-state index in [-0.39, 0.29) is 17.9 Å². The van der Waals surface area contributed by atoms with Gasteiger partial charge in [-0.15, -0.1) is 0 Å². The number of rotatable bonds is 4. The van der Waals surface area contributed by atoms with Gasteiger partial charge < -0.3 is 20.5 Å².